The van der Waals surface area contributed by atoms with Crippen LogP contribution >= 0.6 is 0 Å². The Hall–Kier alpha value is -2.61. The summed E-state index contributed by atoms with van der Waals surface area (Å²) in [5, 5.41) is 10.5. The Kier molecular flexibility index (Phi) is 10.1. The lowest BCUT2D eigenvalue weighted by atomic mass is 10.2. The van der Waals surface area contributed by atoms with Crippen molar-refractivity contribution in [2.45, 2.75) is 53.6 Å². The Morgan fingerprint density at radius 2 is 1.93 bits per heavy atom. The zero-order valence-electron chi connectivity index (χ0n) is 18.8. The second-order valence-corrected chi connectivity index (χ2v) is 7.78. The first kappa shape index (κ1) is 23.7. The molecule has 166 valence electrons. The van der Waals surface area contributed by atoms with Crippen LogP contribution in [0.25, 0.3) is 0 Å². The maximum Gasteiger partial charge on any atom is 0.228 e. The Morgan fingerprint density at radius 1 is 1.17 bits per heavy atom. The van der Waals surface area contributed by atoms with Crippen LogP contribution in [0.1, 0.15) is 45.8 Å². The van der Waals surface area contributed by atoms with Crippen LogP contribution in [0, 0.1) is 12.8 Å². The third-order valence-corrected chi connectivity index (χ3v) is 3.86. The van der Waals surface area contributed by atoms with Gasteiger partial charge in [-0.15, -0.1) is 0 Å². The van der Waals surface area contributed by atoms with Crippen molar-refractivity contribution in [2.75, 3.05) is 31.6 Å². The molecule has 8 nitrogen and oxygen atoms in total. The zero-order chi connectivity index (χ0) is 21.8. The van der Waals surface area contributed by atoms with E-state index in [0.29, 0.717) is 49.7 Å². The van der Waals surface area contributed by atoms with Crippen molar-refractivity contribution in [1.82, 2.24) is 15.5 Å². The van der Waals surface area contributed by atoms with Crippen molar-refractivity contribution in [3.05, 3.63) is 36.0 Å². The number of hydrogen-bond acceptors (Lipinski definition) is 6. The molecule has 1 aromatic carbocycles. The van der Waals surface area contributed by atoms with Gasteiger partial charge in [0, 0.05) is 38.4 Å². The van der Waals surface area contributed by atoms with Gasteiger partial charge >= 0.3 is 0 Å². The van der Waals surface area contributed by atoms with Crippen molar-refractivity contribution in [3.63, 3.8) is 0 Å². The van der Waals surface area contributed by atoms with E-state index >= 15 is 0 Å². The molecule has 0 fully saturated rings. The highest BCUT2D eigenvalue weighted by Gasteiger charge is 2.05. The van der Waals surface area contributed by atoms with Crippen LogP contribution in [0.2, 0.25) is 0 Å². The van der Waals surface area contributed by atoms with E-state index in [2.05, 4.69) is 39.6 Å². The van der Waals surface area contributed by atoms with Crippen LogP contribution in [-0.2, 0) is 11.2 Å². The summed E-state index contributed by atoms with van der Waals surface area (Å²) in [6.45, 7) is 12.9. The Bertz CT molecular complexity index is 756. The SMILES string of the molecule is Cc1noc(CCNC(=NCCCOCC(C)C)Nc2ccc(OC(C)C)cc2)n1. The largest absolute Gasteiger partial charge is 0.491 e. The van der Waals surface area contributed by atoms with Crippen molar-refractivity contribution in [2.24, 2.45) is 10.9 Å². The van der Waals surface area contributed by atoms with Gasteiger partial charge in [0.15, 0.2) is 11.8 Å². The predicted molar refractivity (Wildman–Crippen MR) is 119 cm³/mol. The first-order chi connectivity index (χ1) is 14.4. The third-order valence-electron chi connectivity index (χ3n) is 3.86. The summed E-state index contributed by atoms with van der Waals surface area (Å²) in [6, 6.07) is 7.84. The standard InChI is InChI=1S/C22H35N5O3/c1-16(2)15-28-14-6-12-23-22(24-13-11-21-25-18(5)27-30-21)26-19-7-9-20(10-8-19)29-17(3)4/h7-10,16-17H,6,11-15H2,1-5H3,(H2,23,24,26). The summed E-state index contributed by atoms with van der Waals surface area (Å²) in [6.07, 6.45) is 1.64. The summed E-state index contributed by atoms with van der Waals surface area (Å²) in [5.41, 5.74) is 0.932. The molecule has 0 bridgehead atoms. The lowest BCUT2D eigenvalue weighted by Gasteiger charge is -2.14. The van der Waals surface area contributed by atoms with E-state index < -0.39 is 0 Å². The Labute approximate surface area is 179 Å². The number of aliphatic imine (C=N–C) groups is 1. The Balaban J connectivity index is 1.88. The number of ether oxygens (including phenoxy) is 2. The molecule has 0 atom stereocenters. The molecule has 0 unspecified atom stereocenters. The topological polar surface area (TPSA) is 93.8 Å². The van der Waals surface area contributed by atoms with Crippen molar-refractivity contribution in [3.8, 4) is 5.75 Å². The number of aryl methyl sites for hydroxylation is 1. The number of benzene rings is 1. The predicted octanol–water partition coefficient (Wildman–Crippen LogP) is 3.83. The van der Waals surface area contributed by atoms with Gasteiger partial charge in [-0.3, -0.25) is 4.99 Å². The van der Waals surface area contributed by atoms with Gasteiger partial charge in [0.25, 0.3) is 0 Å². The first-order valence-corrected chi connectivity index (χ1v) is 10.6. The van der Waals surface area contributed by atoms with E-state index in [1.807, 2.05) is 45.0 Å². The molecule has 30 heavy (non-hydrogen) atoms. The second kappa shape index (κ2) is 12.8. The van der Waals surface area contributed by atoms with Gasteiger partial charge in [-0.05, 0) is 57.4 Å². The molecule has 2 aromatic rings. The van der Waals surface area contributed by atoms with Gasteiger partial charge in [0.1, 0.15) is 5.75 Å². The van der Waals surface area contributed by atoms with Crippen LogP contribution in [0.3, 0.4) is 0 Å². The first-order valence-electron chi connectivity index (χ1n) is 10.6. The van der Waals surface area contributed by atoms with Gasteiger partial charge < -0.3 is 24.6 Å². The quantitative estimate of drug-likeness (QED) is 0.308. The van der Waals surface area contributed by atoms with E-state index in [1.54, 1.807) is 0 Å². The summed E-state index contributed by atoms with van der Waals surface area (Å²) >= 11 is 0. The van der Waals surface area contributed by atoms with Gasteiger partial charge in [0.05, 0.1) is 6.10 Å². The molecule has 2 rings (SSSR count). The average molecular weight is 418 g/mol. The molecule has 0 aliphatic rings. The molecule has 0 aliphatic carbocycles. The molecule has 0 aliphatic heterocycles. The molecule has 0 amide bonds. The van der Waals surface area contributed by atoms with Crippen LogP contribution in [0.15, 0.2) is 33.8 Å². The van der Waals surface area contributed by atoms with Gasteiger partial charge in [0.2, 0.25) is 5.89 Å². The fourth-order valence-electron chi connectivity index (χ4n) is 2.57. The molecule has 0 saturated carbocycles. The number of rotatable bonds is 12. The third kappa shape index (κ3) is 9.73. The number of anilines is 1. The minimum absolute atomic E-state index is 0.147. The number of hydrogen-bond donors (Lipinski definition) is 2. The van der Waals surface area contributed by atoms with E-state index in [1.165, 1.54) is 0 Å². The molecule has 1 heterocycles. The molecule has 2 N–H and O–H groups in total. The Morgan fingerprint density at radius 3 is 2.57 bits per heavy atom. The second-order valence-electron chi connectivity index (χ2n) is 7.78. The number of nitrogens with one attached hydrogen (secondary N) is 2. The van der Waals surface area contributed by atoms with Crippen LogP contribution in [-0.4, -0.2) is 48.5 Å². The molecule has 1 aromatic heterocycles. The summed E-state index contributed by atoms with van der Waals surface area (Å²) in [7, 11) is 0. The van der Waals surface area contributed by atoms with Crippen LogP contribution < -0.4 is 15.4 Å². The number of aromatic nitrogens is 2. The highest BCUT2D eigenvalue weighted by atomic mass is 16.5. The maximum atomic E-state index is 5.70. The average Bonchev–Trinajstić information content (AvgIpc) is 3.10. The lowest BCUT2D eigenvalue weighted by Crippen LogP contribution is -2.32. The zero-order valence-corrected chi connectivity index (χ0v) is 18.8. The molecular formula is C22H35N5O3. The monoisotopic (exact) mass is 417 g/mol. The normalized spacial score (nSPS) is 11.9. The van der Waals surface area contributed by atoms with E-state index in [-0.39, 0.29) is 6.10 Å². The smallest absolute Gasteiger partial charge is 0.228 e. The molecule has 8 heteroatoms. The summed E-state index contributed by atoms with van der Waals surface area (Å²) < 4.78 is 16.5. The van der Waals surface area contributed by atoms with E-state index in [0.717, 1.165) is 24.5 Å². The highest BCUT2D eigenvalue weighted by molar-refractivity contribution is 5.93. The minimum atomic E-state index is 0.147. The highest BCUT2D eigenvalue weighted by Crippen LogP contribution is 2.16. The minimum Gasteiger partial charge on any atom is -0.491 e. The van der Waals surface area contributed by atoms with Gasteiger partial charge in [-0.1, -0.05) is 19.0 Å². The van der Waals surface area contributed by atoms with Gasteiger partial charge in [-0.2, -0.15) is 4.98 Å². The van der Waals surface area contributed by atoms with Crippen LogP contribution in [0.5, 0.6) is 5.75 Å². The molecule has 0 spiro atoms. The van der Waals surface area contributed by atoms with E-state index in [9.17, 15) is 0 Å². The number of guanidine groups is 1. The lowest BCUT2D eigenvalue weighted by molar-refractivity contribution is 0.109. The van der Waals surface area contributed by atoms with Gasteiger partial charge in [-0.25, -0.2) is 0 Å². The summed E-state index contributed by atoms with van der Waals surface area (Å²) in [4.78, 5) is 8.89. The summed E-state index contributed by atoms with van der Waals surface area (Å²) in [5.74, 6) is 3.34. The molecular weight excluding hydrogens is 382 g/mol. The fourth-order valence-corrected chi connectivity index (χ4v) is 2.57. The molecule has 0 saturated heterocycles. The van der Waals surface area contributed by atoms with Crippen molar-refractivity contribution < 1.29 is 14.0 Å². The van der Waals surface area contributed by atoms with Crippen molar-refractivity contribution >= 4 is 11.6 Å². The maximum absolute atomic E-state index is 5.70. The fraction of sp³-hybridized carbons (Fsp3) is 0.591. The van der Waals surface area contributed by atoms with E-state index in [4.69, 9.17) is 14.0 Å². The molecule has 0 radical (unpaired) electrons. The van der Waals surface area contributed by atoms with Crippen LogP contribution in [0.4, 0.5) is 5.69 Å². The number of nitrogens with zero attached hydrogens (tertiary/aromatic N) is 3. The van der Waals surface area contributed by atoms with Crippen molar-refractivity contribution in [1.29, 1.82) is 0 Å².